The summed E-state index contributed by atoms with van der Waals surface area (Å²) in [6.45, 7) is 0.576. The van der Waals surface area contributed by atoms with E-state index in [1.54, 1.807) is 18.4 Å². The van der Waals surface area contributed by atoms with Crippen LogP contribution in [-0.2, 0) is 17.6 Å². The lowest BCUT2D eigenvalue weighted by Gasteiger charge is -2.04. The third-order valence-electron chi connectivity index (χ3n) is 2.53. The smallest absolute Gasteiger partial charge is 0.224 e. The third kappa shape index (κ3) is 3.93. The Morgan fingerprint density at radius 3 is 2.89 bits per heavy atom. The molecule has 0 atom stereocenters. The molecule has 0 saturated heterocycles. The maximum Gasteiger partial charge on any atom is 0.224 e. The van der Waals surface area contributed by atoms with Crippen LogP contribution in [0.1, 0.15) is 11.3 Å². The first kappa shape index (κ1) is 12.7. The van der Waals surface area contributed by atoms with Crippen LogP contribution in [0.15, 0.2) is 47.1 Å². The van der Waals surface area contributed by atoms with E-state index in [1.165, 1.54) is 0 Å². The number of amides is 1. The number of rotatable bonds is 5. The quantitative estimate of drug-likeness (QED) is 0.901. The van der Waals surface area contributed by atoms with Gasteiger partial charge in [-0.3, -0.25) is 4.79 Å². The fourth-order valence-electron chi connectivity index (χ4n) is 1.67. The van der Waals surface area contributed by atoms with E-state index in [9.17, 15) is 4.79 Å². The largest absolute Gasteiger partial charge is 0.469 e. The molecule has 0 aliphatic heterocycles. The first-order valence-corrected chi connectivity index (χ1v) is 6.15. The first-order valence-electron chi connectivity index (χ1n) is 5.77. The Hall–Kier alpha value is -1.74. The molecule has 18 heavy (non-hydrogen) atoms. The van der Waals surface area contributed by atoms with Crippen LogP contribution in [0.4, 0.5) is 0 Å². The number of nitrogens with one attached hydrogen (secondary N) is 1. The highest BCUT2D eigenvalue weighted by Crippen LogP contribution is 2.10. The fraction of sp³-hybridized carbons (Fsp3) is 0.214. The van der Waals surface area contributed by atoms with Crippen LogP contribution >= 0.6 is 11.6 Å². The molecule has 4 heteroatoms. The molecule has 2 rings (SSSR count). The molecule has 2 aromatic rings. The van der Waals surface area contributed by atoms with Crippen molar-refractivity contribution in [1.82, 2.24) is 5.32 Å². The van der Waals surface area contributed by atoms with Gasteiger partial charge >= 0.3 is 0 Å². The van der Waals surface area contributed by atoms with Crippen molar-refractivity contribution < 1.29 is 9.21 Å². The minimum Gasteiger partial charge on any atom is -0.469 e. The topological polar surface area (TPSA) is 42.2 Å². The molecule has 3 nitrogen and oxygen atoms in total. The van der Waals surface area contributed by atoms with E-state index in [2.05, 4.69) is 5.32 Å². The van der Waals surface area contributed by atoms with Gasteiger partial charge in [-0.2, -0.15) is 0 Å². The SMILES string of the molecule is O=C(Cc1cccc(Cl)c1)NCCc1ccco1. The predicted molar refractivity (Wildman–Crippen MR) is 70.6 cm³/mol. The summed E-state index contributed by atoms with van der Waals surface area (Å²) in [5.41, 5.74) is 0.915. The van der Waals surface area contributed by atoms with Gasteiger partial charge in [-0.15, -0.1) is 0 Å². The molecule has 0 bridgehead atoms. The predicted octanol–water partition coefficient (Wildman–Crippen LogP) is 2.83. The summed E-state index contributed by atoms with van der Waals surface area (Å²) in [5.74, 6) is 0.863. The number of benzene rings is 1. The van der Waals surface area contributed by atoms with Crippen LogP contribution in [0, 0.1) is 0 Å². The van der Waals surface area contributed by atoms with Crippen molar-refractivity contribution in [2.75, 3.05) is 6.54 Å². The Morgan fingerprint density at radius 1 is 1.28 bits per heavy atom. The molecule has 1 heterocycles. The maximum atomic E-state index is 11.7. The molecule has 94 valence electrons. The van der Waals surface area contributed by atoms with E-state index >= 15 is 0 Å². The Morgan fingerprint density at radius 2 is 2.17 bits per heavy atom. The zero-order valence-electron chi connectivity index (χ0n) is 9.86. The Kier molecular flexibility index (Phi) is 4.42. The lowest BCUT2D eigenvalue weighted by Crippen LogP contribution is -2.27. The van der Waals surface area contributed by atoms with Gasteiger partial charge in [-0.25, -0.2) is 0 Å². The van der Waals surface area contributed by atoms with E-state index < -0.39 is 0 Å². The van der Waals surface area contributed by atoms with Crippen molar-refractivity contribution in [2.24, 2.45) is 0 Å². The molecule has 0 fully saturated rings. The second kappa shape index (κ2) is 6.26. The van der Waals surface area contributed by atoms with Crippen molar-refractivity contribution in [3.05, 3.63) is 59.0 Å². The summed E-state index contributed by atoms with van der Waals surface area (Å²) in [7, 11) is 0. The number of hydrogen-bond acceptors (Lipinski definition) is 2. The second-order valence-electron chi connectivity index (χ2n) is 3.99. The van der Waals surface area contributed by atoms with Gasteiger partial charge in [0.05, 0.1) is 12.7 Å². The molecule has 0 radical (unpaired) electrons. The molecule has 1 aromatic heterocycles. The number of halogens is 1. The summed E-state index contributed by atoms with van der Waals surface area (Å²) in [4.78, 5) is 11.7. The molecular formula is C14H14ClNO2. The highest BCUT2D eigenvalue weighted by Gasteiger charge is 2.04. The standard InChI is InChI=1S/C14H14ClNO2/c15-12-4-1-3-11(9-12)10-14(17)16-7-6-13-5-2-8-18-13/h1-5,8-9H,6-7,10H2,(H,16,17). The van der Waals surface area contributed by atoms with Crippen LogP contribution in [0.2, 0.25) is 5.02 Å². The number of hydrogen-bond donors (Lipinski definition) is 1. The van der Waals surface area contributed by atoms with Crippen LogP contribution < -0.4 is 5.32 Å². The molecule has 0 saturated carbocycles. The highest BCUT2D eigenvalue weighted by atomic mass is 35.5. The molecule has 0 unspecified atom stereocenters. The second-order valence-corrected chi connectivity index (χ2v) is 4.42. The average molecular weight is 264 g/mol. The van der Waals surface area contributed by atoms with Gasteiger partial charge in [0.15, 0.2) is 0 Å². The molecule has 0 spiro atoms. The number of furan rings is 1. The van der Waals surface area contributed by atoms with Gasteiger partial charge in [0.2, 0.25) is 5.91 Å². The van der Waals surface area contributed by atoms with E-state index in [0.29, 0.717) is 24.4 Å². The van der Waals surface area contributed by atoms with Gasteiger partial charge in [-0.05, 0) is 29.8 Å². The fourth-order valence-corrected chi connectivity index (χ4v) is 1.89. The molecule has 0 aliphatic rings. The van der Waals surface area contributed by atoms with E-state index in [4.69, 9.17) is 16.0 Å². The third-order valence-corrected chi connectivity index (χ3v) is 2.76. The van der Waals surface area contributed by atoms with Crippen LogP contribution in [0.25, 0.3) is 0 Å². The molecule has 1 N–H and O–H groups in total. The number of carbonyl (C=O) groups is 1. The van der Waals surface area contributed by atoms with Crippen molar-refractivity contribution in [3.63, 3.8) is 0 Å². The van der Waals surface area contributed by atoms with Crippen LogP contribution in [0.5, 0.6) is 0 Å². The van der Waals surface area contributed by atoms with Crippen molar-refractivity contribution in [2.45, 2.75) is 12.8 Å². The zero-order chi connectivity index (χ0) is 12.8. The summed E-state index contributed by atoms with van der Waals surface area (Å²) in [5, 5.41) is 3.50. The lowest BCUT2D eigenvalue weighted by atomic mass is 10.1. The maximum absolute atomic E-state index is 11.7. The van der Waals surface area contributed by atoms with E-state index in [1.807, 2.05) is 24.3 Å². The van der Waals surface area contributed by atoms with Crippen molar-refractivity contribution in [3.8, 4) is 0 Å². The Labute approximate surface area is 111 Å². The lowest BCUT2D eigenvalue weighted by molar-refractivity contribution is -0.120. The summed E-state index contributed by atoms with van der Waals surface area (Å²) < 4.78 is 5.18. The van der Waals surface area contributed by atoms with E-state index in [0.717, 1.165) is 11.3 Å². The van der Waals surface area contributed by atoms with E-state index in [-0.39, 0.29) is 5.91 Å². The van der Waals surface area contributed by atoms with Gasteiger partial charge in [-0.1, -0.05) is 23.7 Å². The number of carbonyl (C=O) groups excluding carboxylic acids is 1. The van der Waals surface area contributed by atoms with Gasteiger partial charge < -0.3 is 9.73 Å². The van der Waals surface area contributed by atoms with Crippen molar-refractivity contribution in [1.29, 1.82) is 0 Å². The molecule has 1 aromatic carbocycles. The normalized spacial score (nSPS) is 10.3. The first-order chi connectivity index (χ1) is 8.74. The molecular weight excluding hydrogens is 250 g/mol. The van der Waals surface area contributed by atoms with Gasteiger partial charge in [0.1, 0.15) is 5.76 Å². The minimum atomic E-state index is -0.0103. The Bertz CT molecular complexity index is 508. The van der Waals surface area contributed by atoms with Crippen molar-refractivity contribution >= 4 is 17.5 Å². The summed E-state index contributed by atoms with van der Waals surface area (Å²) >= 11 is 5.86. The molecule has 1 amide bonds. The zero-order valence-corrected chi connectivity index (χ0v) is 10.6. The molecule has 0 aliphatic carbocycles. The summed E-state index contributed by atoms with van der Waals surface area (Å²) in [6.07, 6.45) is 2.68. The minimum absolute atomic E-state index is 0.0103. The average Bonchev–Trinajstić information content (AvgIpc) is 2.82. The van der Waals surface area contributed by atoms with Gasteiger partial charge in [0.25, 0.3) is 0 Å². The van der Waals surface area contributed by atoms with Crippen LogP contribution in [0.3, 0.4) is 0 Å². The highest BCUT2D eigenvalue weighted by molar-refractivity contribution is 6.30. The Balaban J connectivity index is 1.75. The summed E-state index contributed by atoms with van der Waals surface area (Å²) in [6, 6.07) is 11.0. The van der Waals surface area contributed by atoms with Gasteiger partial charge in [0, 0.05) is 18.0 Å². The monoisotopic (exact) mass is 263 g/mol. The van der Waals surface area contributed by atoms with Crippen LogP contribution in [-0.4, -0.2) is 12.5 Å².